The number of halogens is 3. The highest BCUT2D eigenvalue weighted by Crippen LogP contribution is 2.26. The first kappa shape index (κ1) is 21.9. The maximum absolute atomic E-state index is 5.75. The fraction of sp³-hybridized carbons (Fsp3) is 1.00. The molecule has 0 saturated carbocycles. The molecule has 0 aromatic carbocycles. The minimum Gasteiger partial charge on any atom is -0.382 e. The van der Waals surface area contributed by atoms with Gasteiger partial charge >= 0.3 is 6.00 Å². The molecule has 128 valence electrons. The second-order valence-electron chi connectivity index (χ2n) is 4.16. The molecule has 0 aromatic rings. The number of hydrogen-bond acceptors (Lipinski definition) is 5. The molecule has 0 amide bonds. The molecular formula is C12H25Cl3O5Si. The summed E-state index contributed by atoms with van der Waals surface area (Å²) in [6, 6.07) is -1.87. The van der Waals surface area contributed by atoms with E-state index in [1.165, 1.54) is 0 Å². The third kappa shape index (κ3) is 20.9. The standard InChI is InChI=1S/C12H25Cl3O5Si/c1-16-4-5-18-8-9-20-11-10-19-7-6-17-3-2-12-21(13,14)15/h2-12H2,1H3. The first-order valence-electron chi connectivity index (χ1n) is 6.93. The van der Waals surface area contributed by atoms with Crippen LogP contribution in [-0.4, -0.2) is 72.6 Å². The van der Waals surface area contributed by atoms with Gasteiger partial charge in [-0.25, -0.2) is 0 Å². The first-order chi connectivity index (χ1) is 10.1. The van der Waals surface area contributed by atoms with E-state index in [9.17, 15) is 0 Å². The molecule has 9 heteroatoms. The Kier molecular flexibility index (Phi) is 16.4. The van der Waals surface area contributed by atoms with E-state index < -0.39 is 6.00 Å². The Bertz CT molecular complexity index is 220. The van der Waals surface area contributed by atoms with Gasteiger partial charge in [0.2, 0.25) is 0 Å². The molecule has 0 unspecified atom stereocenters. The van der Waals surface area contributed by atoms with Crippen molar-refractivity contribution >= 4 is 39.2 Å². The lowest BCUT2D eigenvalue weighted by Gasteiger charge is -2.09. The first-order valence-corrected chi connectivity index (χ1v) is 12.2. The van der Waals surface area contributed by atoms with E-state index in [1.807, 2.05) is 0 Å². The van der Waals surface area contributed by atoms with Crippen LogP contribution in [0.25, 0.3) is 0 Å². The second-order valence-corrected chi connectivity index (χ2v) is 13.4. The molecule has 0 aromatic heterocycles. The van der Waals surface area contributed by atoms with Crippen molar-refractivity contribution < 1.29 is 23.7 Å². The van der Waals surface area contributed by atoms with Crippen LogP contribution >= 0.6 is 33.2 Å². The smallest absolute Gasteiger partial charge is 0.341 e. The Morgan fingerprint density at radius 1 is 0.619 bits per heavy atom. The lowest BCUT2D eigenvalue weighted by atomic mass is 10.5. The van der Waals surface area contributed by atoms with Crippen molar-refractivity contribution in [3.63, 3.8) is 0 Å². The molecule has 0 heterocycles. The van der Waals surface area contributed by atoms with E-state index in [2.05, 4.69) is 0 Å². The van der Waals surface area contributed by atoms with Gasteiger partial charge in [-0.3, -0.25) is 0 Å². The fourth-order valence-electron chi connectivity index (χ4n) is 1.28. The molecular weight excluding hydrogens is 359 g/mol. The average molecular weight is 384 g/mol. The Hall–Kier alpha value is 0.887. The molecule has 0 aliphatic rings. The van der Waals surface area contributed by atoms with Crippen molar-refractivity contribution in [1.29, 1.82) is 0 Å². The number of rotatable bonds is 16. The highest BCUT2D eigenvalue weighted by molar-refractivity contribution is 7.64. The second kappa shape index (κ2) is 15.8. The Labute approximate surface area is 142 Å². The van der Waals surface area contributed by atoms with Gasteiger partial charge in [0.15, 0.2) is 0 Å². The molecule has 0 aliphatic heterocycles. The number of methoxy groups -OCH3 is 1. The van der Waals surface area contributed by atoms with E-state index in [4.69, 9.17) is 56.9 Å². The van der Waals surface area contributed by atoms with Crippen molar-refractivity contribution in [1.82, 2.24) is 0 Å². The summed E-state index contributed by atoms with van der Waals surface area (Å²) in [5, 5.41) is 0. The van der Waals surface area contributed by atoms with E-state index >= 15 is 0 Å². The minimum atomic E-state index is -2.49. The third-order valence-electron chi connectivity index (χ3n) is 2.30. The van der Waals surface area contributed by atoms with Crippen LogP contribution in [0.5, 0.6) is 0 Å². The van der Waals surface area contributed by atoms with Crippen LogP contribution in [0.2, 0.25) is 6.04 Å². The van der Waals surface area contributed by atoms with Crippen LogP contribution in [0.1, 0.15) is 6.42 Å². The largest absolute Gasteiger partial charge is 0.382 e. The van der Waals surface area contributed by atoms with Gasteiger partial charge in [-0.1, -0.05) is 0 Å². The van der Waals surface area contributed by atoms with E-state index in [-0.39, 0.29) is 0 Å². The summed E-state index contributed by atoms with van der Waals surface area (Å²) in [5.41, 5.74) is 0. The normalized spacial score (nSPS) is 12.0. The van der Waals surface area contributed by atoms with Crippen molar-refractivity contribution in [2.75, 3.05) is 66.6 Å². The highest BCUT2D eigenvalue weighted by atomic mass is 35.8. The summed E-state index contributed by atoms with van der Waals surface area (Å²) in [7, 11) is 1.64. The lowest BCUT2D eigenvalue weighted by molar-refractivity contribution is -0.00769. The predicted octanol–water partition coefficient (Wildman–Crippen LogP) is 2.74. The van der Waals surface area contributed by atoms with E-state index in [1.54, 1.807) is 7.11 Å². The summed E-state index contributed by atoms with van der Waals surface area (Å²) < 4.78 is 26.1. The molecule has 0 atom stereocenters. The molecule has 0 spiro atoms. The molecule has 5 nitrogen and oxygen atoms in total. The molecule has 21 heavy (non-hydrogen) atoms. The summed E-state index contributed by atoms with van der Waals surface area (Å²) in [6.45, 7) is 5.10. The molecule has 0 radical (unpaired) electrons. The monoisotopic (exact) mass is 382 g/mol. The molecule has 0 rings (SSSR count). The zero-order valence-corrected chi connectivity index (χ0v) is 15.7. The van der Waals surface area contributed by atoms with Crippen LogP contribution in [0.15, 0.2) is 0 Å². The van der Waals surface area contributed by atoms with Gasteiger partial charge in [0, 0.05) is 13.7 Å². The maximum atomic E-state index is 5.75. The van der Waals surface area contributed by atoms with Crippen LogP contribution in [0.4, 0.5) is 0 Å². The third-order valence-corrected chi connectivity index (χ3v) is 4.92. The Morgan fingerprint density at radius 3 is 1.38 bits per heavy atom. The van der Waals surface area contributed by atoms with Gasteiger partial charge in [0.25, 0.3) is 0 Å². The van der Waals surface area contributed by atoms with E-state index in [0.29, 0.717) is 65.5 Å². The molecule has 0 aliphatic carbocycles. The SMILES string of the molecule is COCCOCCOCCOCCOCCC[Si](Cl)(Cl)Cl. The average Bonchev–Trinajstić information content (AvgIpc) is 2.42. The van der Waals surface area contributed by atoms with Crippen LogP contribution < -0.4 is 0 Å². The van der Waals surface area contributed by atoms with Crippen LogP contribution in [-0.2, 0) is 23.7 Å². The van der Waals surface area contributed by atoms with Gasteiger partial charge in [-0.15, -0.1) is 33.2 Å². The summed E-state index contributed by atoms with van der Waals surface area (Å²) in [5.74, 6) is 0. The zero-order valence-electron chi connectivity index (χ0n) is 12.5. The van der Waals surface area contributed by atoms with Crippen molar-refractivity contribution in [3.8, 4) is 0 Å². The maximum Gasteiger partial charge on any atom is 0.341 e. The van der Waals surface area contributed by atoms with Gasteiger partial charge in [-0.05, 0) is 12.5 Å². The summed E-state index contributed by atoms with van der Waals surface area (Å²) in [4.78, 5) is 0. The Morgan fingerprint density at radius 2 is 1.00 bits per heavy atom. The van der Waals surface area contributed by atoms with Crippen LogP contribution in [0.3, 0.4) is 0 Å². The fourth-order valence-corrected chi connectivity index (χ4v) is 3.03. The summed E-state index contributed by atoms with van der Waals surface area (Å²) >= 11 is 17.3. The van der Waals surface area contributed by atoms with Crippen molar-refractivity contribution in [2.45, 2.75) is 12.5 Å². The van der Waals surface area contributed by atoms with Crippen molar-refractivity contribution in [2.24, 2.45) is 0 Å². The van der Waals surface area contributed by atoms with Crippen LogP contribution in [0, 0.1) is 0 Å². The molecule has 0 fully saturated rings. The minimum absolute atomic E-state index is 0.541. The zero-order chi connectivity index (χ0) is 15.8. The van der Waals surface area contributed by atoms with Gasteiger partial charge in [-0.2, -0.15) is 0 Å². The number of hydrogen-bond donors (Lipinski definition) is 0. The highest BCUT2D eigenvalue weighted by Gasteiger charge is 2.23. The quantitative estimate of drug-likeness (QED) is 0.233. The number of ether oxygens (including phenoxy) is 5. The topological polar surface area (TPSA) is 46.2 Å². The van der Waals surface area contributed by atoms with Gasteiger partial charge in [0.05, 0.1) is 52.9 Å². The van der Waals surface area contributed by atoms with E-state index in [0.717, 1.165) is 6.42 Å². The van der Waals surface area contributed by atoms with Gasteiger partial charge in [0.1, 0.15) is 0 Å². The lowest BCUT2D eigenvalue weighted by Crippen LogP contribution is -2.13. The summed E-state index contributed by atoms with van der Waals surface area (Å²) in [6.07, 6.45) is 0.773. The van der Waals surface area contributed by atoms with Gasteiger partial charge < -0.3 is 23.7 Å². The molecule has 0 saturated heterocycles. The van der Waals surface area contributed by atoms with Crippen molar-refractivity contribution in [3.05, 3.63) is 0 Å². The molecule has 0 bridgehead atoms. The predicted molar refractivity (Wildman–Crippen MR) is 87.9 cm³/mol. The Balaban J connectivity index is 3.00. The molecule has 0 N–H and O–H groups in total.